The lowest BCUT2D eigenvalue weighted by atomic mass is 10.1. The molecule has 24 heavy (non-hydrogen) atoms. The number of piperazine rings is 1. The van der Waals surface area contributed by atoms with Gasteiger partial charge in [-0.1, -0.05) is 12.1 Å². The Balaban J connectivity index is 1.34. The Labute approximate surface area is 141 Å². The molecule has 2 aliphatic rings. The molecule has 4 rings (SSSR count). The summed E-state index contributed by atoms with van der Waals surface area (Å²) in [5, 5.41) is 6.90. The van der Waals surface area contributed by atoms with Gasteiger partial charge in [0.25, 0.3) is 5.91 Å². The van der Waals surface area contributed by atoms with Crippen molar-refractivity contribution in [2.24, 2.45) is 0 Å². The van der Waals surface area contributed by atoms with Gasteiger partial charge in [0.15, 0.2) is 0 Å². The number of fused-ring (bicyclic) bond motifs is 1. The molecule has 126 valence electrons. The van der Waals surface area contributed by atoms with E-state index in [1.54, 1.807) is 6.07 Å². The van der Waals surface area contributed by atoms with Crippen molar-refractivity contribution in [3.63, 3.8) is 0 Å². The van der Waals surface area contributed by atoms with Crippen molar-refractivity contribution < 1.29 is 9.53 Å². The van der Waals surface area contributed by atoms with Gasteiger partial charge >= 0.3 is 0 Å². The number of aromatic nitrogens is 2. The molecule has 0 unspecified atom stereocenters. The predicted octanol–water partition coefficient (Wildman–Crippen LogP) is 1.61. The highest BCUT2D eigenvalue weighted by Crippen LogP contribution is 2.26. The van der Waals surface area contributed by atoms with E-state index in [9.17, 15) is 4.79 Å². The van der Waals surface area contributed by atoms with Crippen LogP contribution in [0.15, 0.2) is 24.3 Å². The zero-order valence-electron chi connectivity index (χ0n) is 13.9. The minimum Gasteiger partial charge on any atom is -0.493 e. The number of rotatable bonds is 3. The standard InChI is InChI=1S/C18H22N4O2/c1-13-10-16(20-19-13)18(23)22-7-5-21(6-8-22)12-14-2-3-17-15(11-14)4-9-24-17/h2-3,10-11H,4-9,12H2,1H3,(H,19,20). The number of nitrogens with zero attached hydrogens (tertiary/aromatic N) is 3. The quantitative estimate of drug-likeness (QED) is 0.931. The van der Waals surface area contributed by atoms with Gasteiger partial charge in [0.05, 0.1) is 6.61 Å². The summed E-state index contributed by atoms with van der Waals surface area (Å²) < 4.78 is 5.56. The van der Waals surface area contributed by atoms with E-state index >= 15 is 0 Å². The van der Waals surface area contributed by atoms with Crippen molar-refractivity contribution in [1.29, 1.82) is 0 Å². The molecule has 0 aliphatic carbocycles. The minimum atomic E-state index is 0.0219. The van der Waals surface area contributed by atoms with Gasteiger partial charge in [0, 0.05) is 44.8 Å². The molecule has 1 aromatic heterocycles. The molecule has 6 nitrogen and oxygen atoms in total. The molecule has 2 aliphatic heterocycles. The molecule has 1 amide bonds. The Bertz CT molecular complexity index is 747. The van der Waals surface area contributed by atoms with Gasteiger partial charge in [-0.05, 0) is 30.2 Å². The zero-order valence-corrected chi connectivity index (χ0v) is 13.9. The molecule has 0 bridgehead atoms. The second-order valence-corrected chi connectivity index (χ2v) is 6.55. The third-order valence-electron chi connectivity index (χ3n) is 4.74. The van der Waals surface area contributed by atoms with Crippen molar-refractivity contribution in [2.75, 3.05) is 32.8 Å². The van der Waals surface area contributed by atoms with Crippen molar-refractivity contribution in [3.05, 3.63) is 46.8 Å². The molecule has 0 spiro atoms. The zero-order chi connectivity index (χ0) is 16.5. The maximum atomic E-state index is 12.4. The van der Waals surface area contributed by atoms with Gasteiger partial charge in [-0.25, -0.2) is 0 Å². The molecule has 6 heteroatoms. The molecule has 0 saturated carbocycles. The van der Waals surface area contributed by atoms with E-state index in [4.69, 9.17) is 4.74 Å². The number of carbonyl (C=O) groups is 1. The normalized spacial score (nSPS) is 17.6. The lowest BCUT2D eigenvalue weighted by Gasteiger charge is -2.34. The molecule has 1 N–H and O–H groups in total. The average Bonchev–Trinajstić information content (AvgIpc) is 3.23. The maximum absolute atomic E-state index is 12.4. The molecule has 0 radical (unpaired) electrons. The number of hydrogen-bond acceptors (Lipinski definition) is 4. The molecule has 1 aromatic carbocycles. The Kier molecular flexibility index (Phi) is 3.98. The Morgan fingerprint density at radius 3 is 2.83 bits per heavy atom. The first kappa shape index (κ1) is 15.2. The summed E-state index contributed by atoms with van der Waals surface area (Å²) in [4.78, 5) is 16.7. The van der Waals surface area contributed by atoms with Crippen LogP contribution in [0.3, 0.4) is 0 Å². The minimum absolute atomic E-state index is 0.0219. The smallest absolute Gasteiger partial charge is 0.274 e. The van der Waals surface area contributed by atoms with Gasteiger partial charge in [-0.15, -0.1) is 0 Å². The number of benzene rings is 1. The Hall–Kier alpha value is -2.34. The molecular weight excluding hydrogens is 304 g/mol. The van der Waals surface area contributed by atoms with Crippen LogP contribution in [0.4, 0.5) is 0 Å². The molecular formula is C18H22N4O2. The van der Waals surface area contributed by atoms with Crippen molar-refractivity contribution in [3.8, 4) is 5.75 Å². The third kappa shape index (κ3) is 3.01. The summed E-state index contributed by atoms with van der Waals surface area (Å²) in [5.74, 6) is 1.05. The lowest BCUT2D eigenvalue weighted by Crippen LogP contribution is -2.48. The fourth-order valence-electron chi connectivity index (χ4n) is 3.40. The van der Waals surface area contributed by atoms with Gasteiger partial charge < -0.3 is 9.64 Å². The van der Waals surface area contributed by atoms with Crippen LogP contribution < -0.4 is 4.74 Å². The van der Waals surface area contributed by atoms with Gasteiger partial charge in [-0.2, -0.15) is 5.10 Å². The number of nitrogens with one attached hydrogen (secondary N) is 1. The third-order valence-corrected chi connectivity index (χ3v) is 4.74. The SMILES string of the molecule is Cc1cc(C(=O)N2CCN(Cc3ccc4c(c3)CCO4)CC2)n[nH]1. The first-order valence-corrected chi connectivity index (χ1v) is 8.47. The number of aryl methyl sites for hydroxylation is 1. The van der Waals surface area contributed by atoms with Crippen LogP contribution in [0, 0.1) is 6.92 Å². The van der Waals surface area contributed by atoms with Crippen LogP contribution in [-0.4, -0.2) is 58.7 Å². The van der Waals surface area contributed by atoms with Gasteiger partial charge in [0.2, 0.25) is 0 Å². The van der Waals surface area contributed by atoms with Gasteiger partial charge in [-0.3, -0.25) is 14.8 Å². The van der Waals surface area contributed by atoms with Crippen LogP contribution in [0.1, 0.15) is 27.3 Å². The summed E-state index contributed by atoms with van der Waals surface area (Å²) >= 11 is 0. The number of amides is 1. The number of carbonyl (C=O) groups excluding carboxylic acids is 1. The van der Waals surface area contributed by atoms with Crippen LogP contribution in [0.25, 0.3) is 0 Å². The second kappa shape index (κ2) is 6.28. The van der Waals surface area contributed by atoms with Gasteiger partial charge in [0.1, 0.15) is 11.4 Å². The van der Waals surface area contributed by atoms with Crippen molar-refractivity contribution in [1.82, 2.24) is 20.0 Å². The Morgan fingerprint density at radius 2 is 2.08 bits per heavy atom. The number of ether oxygens (including phenoxy) is 1. The predicted molar refractivity (Wildman–Crippen MR) is 90.1 cm³/mol. The fourth-order valence-corrected chi connectivity index (χ4v) is 3.40. The molecule has 3 heterocycles. The molecule has 1 fully saturated rings. The van der Waals surface area contributed by atoms with E-state index in [1.165, 1.54) is 11.1 Å². The maximum Gasteiger partial charge on any atom is 0.274 e. The highest BCUT2D eigenvalue weighted by Gasteiger charge is 2.24. The van der Waals surface area contributed by atoms with E-state index in [1.807, 2.05) is 11.8 Å². The van der Waals surface area contributed by atoms with E-state index in [0.717, 1.165) is 57.2 Å². The monoisotopic (exact) mass is 326 g/mol. The van der Waals surface area contributed by atoms with E-state index in [-0.39, 0.29) is 5.91 Å². The number of hydrogen-bond donors (Lipinski definition) is 1. The van der Waals surface area contributed by atoms with Crippen LogP contribution in [0.5, 0.6) is 5.75 Å². The Morgan fingerprint density at radius 1 is 1.25 bits per heavy atom. The highest BCUT2D eigenvalue weighted by atomic mass is 16.5. The lowest BCUT2D eigenvalue weighted by molar-refractivity contribution is 0.0622. The number of H-pyrrole nitrogens is 1. The molecule has 2 aromatic rings. The van der Waals surface area contributed by atoms with E-state index in [0.29, 0.717) is 5.69 Å². The fraction of sp³-hybridized carbons (Fsp3) is 0.444. The van der Waals surface area contributed by atoms with Crippen LogP contribution >= 0.6 is 0 Å². The first-order chi connectivity index (χ1) is 11.7. The van der Waals surface area contributed by atoms with Crippen molar-refractivity contribution in [2.45, 2.75) is 19.9 Å². The summed E-state index contributed by atoms with van der Waals surface area (Å²) in [6.07, 6.45) is 1.01. The van der Waals surface area contributed by atoms with Crippen LogP contribution in [-0.2, 0) is 13.0 Å². The highest BCUT2D eigenvalue weighted by molar-refractivity contribution is 5.92. The largest absolute Gasteiger partial charge is 0.493 e. The number of aromatic amines is 1. The first-order valence-electron chi connectivity index (χ1n) is 8.47. The van der Waals surface area contributed by atoms with E-state index < -0.39 is 0 Å². The summed E-state index contributed by atoms with van der Waals surface area (Å²) in [7, 11) is 0. The topological polar surface area (TPSA) is 61.5 Å². The molecule has 0 atom stereocenters. The second-order valence-electron chi connectivity index (χ2n) is 6.55. The summed E-state index contributed by atoms with van der Waals surface area (Å²) in [6.45, 7) is 6.91. The van der Waals surface area contributed by atoms with Crippen molar-refractivity contribution >= 4 is 5.91 Å². The van der Waals surface area contributed by atoms with E-state index in [2.05, 4.69) is 33.3 Å². The average molecular weight is 326 g/mol. The summed E-state index contributed by atoms with van der Waals surface area (Å²) in [5.41, 5.74) is 4.06. The molecule has 1 saturated heterocycles. The summed E-state index contributed by atoms with van der Waals surface area (Å²) in [6, 6.07) is 8.29. The van der Waals surface area contributed by atoms with Crippen LogP contribution in [0.2, 0.25) is 0 Å².